The summed E-state index contributed by atoms with van der Waals surface area (Å²) in [6, 6.07) is 4.51. The molecule has 0 aliphatic rings. The average molecular weight is 273 g/mol. The van der Waals surface area contributed by atoms with E-state index in [9.17, 15) is 9.59 Å². The van der Waals surface area contributed by atoms with Gasteiger partial charge < -0.3 is 10.3 Å². The predicted molar refractivity (Wildman–Crippen MR) is 62.4 cm³/mol. The number of halogens is 1. The molecule has 2 N–H and O–H groups in total. The summed E-state index contributed by atoms with van der Waals surface area (Å²) in [6.07, 6.45) is 0.850. The molecule has 82 valence electrons. The van der Waals surface area contributed by atoms with Crippen LogP contribution < -0.4 is 10.9 Å². The van der Waals surface area contributed by atoms with Gasteiger partial charge in [0.05, 0.1) is 0 Å². The number of aromatic amines is 1. The summed E-state index contributed by atoms with van der Waals surface area (Å²) in [4.78, 5) is 25.2. The number of hydrogen-bond acceptors (Lipinski definition) is 2. The molecule has 0 radical (unpaired) electrons. The van der Waals surface area contributed by atoms with Crippen LogP contribution in [0.4, 0.5) is 0 Å². The summed E-state index contributed by atoms with van der Waals surface area (Å²) in [5.74, 6) is -0.249. The highest BCUT2D eigenvalue weighted by atomic mass is 79.9. The fraction of sp³-hybridized carbons (Fsp3) is 0.400. The molecule has 0 saturated carbocycles. The van der Waals surface area contributed by atoms with E-state index < -0.39 is 0 Å². The first-order valence-electron chi connectivity index (χ1n) is 4.71. The van der Waals surface area contributed by atoms with Crippen molar-refractivity contribution in [3.8, 4) is 0 Å². The molecule has 0 saturated heterocycles. The van der Waals surface area contributed by atoms with Crippen LogP contribution in [-0.4, -0.2) is 22.3 Å². The first-order chi connectivity index (χ1) is 7.09. The zero-order chi connectivity index (χ0) is 11.3. The molecule has 0 aliphatic carbocycles. The largest absolute Gasteiger partial charge is 0.351 e. The summed E-state index contributed by atoms with van der Waals surface area (Å²) >= 11 is 3.38. The molecule has 1 aromatic heterocycles. The molecule has 0 aliphatic heterocycles. The standard InChI is InChI=1S/C10H13BrN2O2/c1-7(11)5-6-12-10(15)8-3-2-4-9(14)13-8/h2-4,7H,5-6H2,1H3,(H,12,15)(H,13,14). The van der Waals surface area contributed by atoms with Gasteiger partial charge in [-0.3, -0.25) is 9.59 Å². The van der Waals surface area contributed by atoms with Gasteiger partial charge in [0, 0.05) is 17.4 Å². The van der Waals surface area contributed by atoms with Crippen molar-refractivity contribution in [3.63, 3.8) is 0 Å². The van der Waals surface area contributed by atoms with Crippen LogP contribution in [0, 0.1) is 0 Å². The second kappa shape index (κ2) is 5.70. The monoisotopic (exact) mass is 272 g/mol. The van der Waals surface area contributed by atoms with Gasteiger partial charge in [-0.1, -0.05) is 28.9 Å². The van der Waals surface area contributed by atoms with Crippen LogP contribution in [0.5, 0.6) is 0 Å². The molecule has 1 atom stereocenters. The van der Waals surface area contributed by atoms with Gasteiger partial charge in [0.25, 0.3) is 5.91 Å². The zero-order valence-electron chi connectivity index (χ0n) is 8.42. The van der Waals surface area contributed by atoms with E-state index in [4.69, 9.17) is 0 Å². The summed E-state index contributed by atoms with van der Waals surface area (Å²) < 4.78 is 0. The third-order valence-electron chi connectivity index (χ3n) is 1.84. The smallest absolute Gasteiger partial charge is 0.267 e. The van der Waals surface area contributed by atoms with E-state index in [2.05, 4.69) is 26.2 Å². The SMILES string of the molecule is CC(Br)CCNC(=O)c1cccc(=O)[nH]1. The highest BCUT2D eigenvalue weighted by Gasteiger charge is 2.05. The molecule has 4 nitrogen and oxygen atoms in total. The van der Waals surface area contributed by atoms with Gasteiger partial charge in [0.1, 0.15) is 5.69 Å². The van der Waals surface area contributed by atoms with Crippen molar-refractivity contribution in [2.24, 2.45) is 0 Å². The quantitative estimate of drug-likeness (QED) is 0.812. The highest BCUT2D eigenvalue weighted by molar-refractivity contribution is 9.09. The van der Waals surface area contributed by atoms with Gasteiger partial charge in [-0.2, -0.15) is 0 Å². The second-order valence-electron chi connectivity index (χ2n) is 3.25. The van der Waals surface area contributed by atoms with Crippen LogP contribution in [0.25, 0.3) is 0 Å². The lowest BCUT2D eigenvalue weighted by molar-refractivity contribution is 0.0948. The maximum Gasteiger partial charge on any atom is 0.267 e. The van der Waals surface area contributed by atoms with Crippen LogP contribution in [0.1, 0.15) is 23.8 Å². The summed E-state index contributed by atoms with van der Waals surface area (Å²) in [5, 5.41) is 2.72. The molecule has 0 aromatic carbocycles. The number of nitrogens with one attached hydrogen (secondary N) is 2. The maximum atomic E-state index is 11.5. The molecule has 15 heavy (non-hydrogen) atoms. The number of amides is 1. The molecule has 5 heteroatoms. The van der Waals surface area contributed by atoms with Gasteiger partial charge in [0.2, 0.25) is 5.56 Å². The first-order valence-corrected chi connectivity index (χ1v) is 5.63. The van der Waals surface area contributed by atoms with Crippen LogP contribution in [0.2, 0.25) is 0 Å². The highest BCUT2D eigenvalue weighted by Crippen LogP contribution is 2.01. The number of H-pyrrole nitrogens is 1. The van der Waals surface area contributed by atoms with Gasteiger partial charge in [-0.05, 0) is 12.5 Å². The number of carbonyl (C=O) groups excluding carboxylic acids is 1. The summed E-state index contributed by atoms with van der Waals surface area (Å²) in [5.41, 5.74) is 0.0289. The minimum Gasteiger partial charge on any atom is -0.351 e. The Kier molecular flexibility index (Phi) is 4.55. The van der Waals surface area contributed by atoms with Crippen molar-refractivity contribution in [1.82, 2.24) is 10.3 Å². The molecule has 1 unspecified atom stereocenters. The average Bonchev–Trinajstić information content (AvgIpc) is 2.17. The Hall–Kier alpha value is -1.10. The van der Waals surface area contributed by atoms with Crippen molar-refractivity contribution in [3.05, 3.63) is 34.2 Å². The molecular weight excluding hydrogens is 260 g/mol. The molecule has 1 aromatic rings. The maximum absolute atomic E-state index is 11.5. The number of alkyl halides is 1. The van der Waals surface area contributed by atoms with Crippen molar-refractivity contribution in [2.75, 3.05) is 6.54 Å². The Balaban J connectivity index is 2.51. The van der Waals surface area contributed by atoms with E-state index >= 15 is 0 Å². The summed E-state index contributed by atoms with van der Waals surface area (Å²) in [7, 11) is 0. The molecule has 0 spiro atoms. The molecule has 0 fully saturated rings. The van der Waals surface area contributed by atoms with Crippen molar-refractivity contribution in [2.45, 2.75) is 18.2 Å². The van der Waals surface area contributed by atoms with Crippen LogP contribution in [-0.2, 0) is 0 Å². The fourth-order valence-electron chi connectivity index (χ4n) is 1.06. The van der Waals surface area contributed by atoms with E-state index in [0.717, 1.165) is 6.42 Å². The number of aromatic nitrogens is 1. The molecular formula is C10H13BrN2O2. The van der Waals surface area contributed by atoms with E-state index in [1.165, 1.54) is 6.07 Å². The topological polar surface area (TPSA) is 62.0 Å². The van der Waals surface area contributed by atoms with E-state index in [0.29, 0.717) is 17.1 Å². The molecule has 1 rings (SSSR count). The third kappa shape index (κ3) is 4.29. The van der Waals surface area contributed by atoms with Crippen molar-refractivity contribution < 1.29 is 4.79 Å². The van der Waals surface area contributed by atoms with Crippen LogP contribution in [0.15, 0.2) is 23.0 Å². The summed E-state index contributed by atoms with van der Waals surface area (Å²) in [6.45, 7) is 2.60. The van der Waals surface area contributed by atoms with Crippen LogP contribution in [0.3, 0.4) is 0 Å². The van der Waals surface area contributed by atoms with E-state index in [1.54, 1.807) is 12.1 Å². The van der Waals surface area contributed by atoms with Gasteiger partial charge >= 0.3 is 0 Å². The number of carbonyl (C=O) groups is 1. The Morgan fingerprint density at radius 1 is 1.60 bits per heavy atom. The van der Waals surface area contributed by atoms with Crippen LogP contribution >= 0.6 is 15.9 Å². The third-order valence-corrected chi connectivity index (χ3v) is 2.30. The minimum atomic E-state index is -0.267. The first kappa shape index (κ1) is 12.0. The molecule has 1 heterocycles. The number of rotatable bonds is 4. The predicted octanol–water partition coefficient (Wildman–Crippen LogP) is 1.28. The Bertz CT molecular complexity index is 387. The lowest BCUT2D eigenvalue weighted by Crippen LogP contribution is -2.27. The molecule has 0 bridgehead atoms. The normalized spacial score (nSPS) is 12.1. The Labute approximate surface area is 96.2 Å². The van der Waals surface area contributed by atoms with E-state index in [1.807, 2.05) is 6.92 Å². The van der Waals surface area contributed by atoms with Gasteiger partial charge in [-0.25, -0.2) is 0 Å². The van der Waals surface area contributed by atoms with Gasteiger partial charge in [-0.15, -0.1) is 0 Å². The van der Waals surface area contributed by atoms with Gasteiger partial charge in [0.15, 0.2) is 0 Å². The molecule has 1 amide bonds. The van der Waals surface area contributed by atoms with E-state index in [-0.39, 0.29) is 11.5 Å². The number of hydrogen-bond donors (Lipinski definition) is 2. The second-order valence-corrected chi connectivity index (χ2v) is 4.82. The zero-order valence-corrected chi connectivity index (χ0v) is 10.0. The Morgan fingerprint density at radius 2 is 2.33 bits per heavy atom. The minimum absolute atomic E-state index is 0.249. The fourth-order valence-corrected chi connectivity index (χ4v) is 1.29. The lowest BCUT2D eigenvalue weighted by Gasteiger charge is -2.05. The van der Waals surface area contributed by atoms with Crippen molar-refractivity contribution >= 4 is 21.8 Å². The van der Waals surface area contributed by atoms with Crippen molar-refractivity contribution in [1.29, 1.82) is 0 Å². The number of pyridine rings is 1. The Morgan fingerprint density at radius 3 is 2.93 bits per heavy atom. The lowest BCUT2D eigenvalue weighted by atomic mass is 10.3.